The summed E-state index contributed by atoms with van der Waals surface area (Å²) in [6, 6.07) is 19.1. The Labute approximate surface area is 245 Å². The minimum atomic E-state index is -0.257. The number of benzene rings is 2. The third-order valence-electron chi connectivity index (χ3n) is 8.27. The molecule has 2 heterocycles. The number of nitrogens with zero attached hydrogens (tertiary/aromatic N) is 1. The minimum Gasteiger partial charge on any atom is -0.404 e. The zero-order valence-corrected chi connectivity index (χ0v) is 24.2. The highest BCUT2D eigenvalue weighted by Crippen LogP contribution is 2.41. The number of nitrogens with two attached hydrogens (primary N) is 1. The molecule has 5 nitrogen and oxygen atoms in total. The summed E-state index contributed by atoms with van der Waals surface area (Å²) >= 11 is 0. The normalized spacial score (nSPS) is 18.5. The number of amides is 1. The average Bonchev–Trinajstić information content (AvgIpc) is 3.70. The van der Waals surface area contributed by atoms with Crippen LogP contribution in [0.2, 0.25) is 0 Å². The second-order valence-corrected chi connectivity index (χ2v) is 11.2. The molecule has 1 amide bonds. The van der Waals surface area contributed by atoms with Gasteiger partial charge in [0.1, 0.15) is 5.82 Å². The lowest BCUT2D eigenvalue weighted by Crippen LogP contribution is -2.20. The van der Waals surface area contributed by atoms with Crippen molar-refractivity contribution < 1.29 is 9.18 Å². The van der Waals surface area contributed by atoms with Gasteiger partial charge in [-0.3, -0.25) is 4.79 Å². The summed E-state index contributed by atoms with van der Waals surface area (Å²) in [4.78, 5) is 21.0. The van der Waals surface area contributed by atoms with Crippen LogP contribution in [0, 0.1) is 11.7 Å². The molecule has 0 aliphatic heterocycles. The number of rotatable bonds is 7. The van der Waals surface area contributed by atoms with E-state index >= 15 is 0 Å². The Morgan fingerprint density at radius 1 is 1.12 bits per heavy atom. The maximum atomic E-state index is 14.1. The fraction of sp³-hybridized carbons (Fsp3) is 0.222. The number of aromatic amines is 1. The van der Waals surface area contributed by atoms with Crippen molar-refractivity contribution in [2.45, 2.75) is 46.0 Å². The SMILES string of the molecule is CCC(=O)N/C(C=C1CC1)=C/C(=C\N)c1ccc2c(n1)C(c1cc3c(-c4cccc(F)c4)cccc3[nH]1)=CC(C)[C@H]2C. The van der Waals surface area contributed by atoms with E-state index in [1.54, 1.807) is 18.3 Å². The molecule has 0 spiro atoms. The standard InChI is InChI=1S/C36H35FN4O/c1-4-35(42)39-27(16-23-11-12-23)18-25(20-38)32-14-13-28-22(3)21(2)15-31(36(28)41-32)34-19-30-29(9-6-10-33(30)40-34)24-7-5-8-26(37)17-24/h5-10,13-22,40H,4,11-12,38H2,1-3H3,(H,39,42)/b25-20+,27-18+/t21?,22-/m1/s1. The maximum Gasteiger partial charge on any atom is 0.224 e. The first-order valence-electron chi connectivity index (χ1n) is 14.6. The highest BCUT2D eigenvalue weighted by atomic mass is 19.1. The van der Waals surface area contributed by atoms with Gasteiger partial charge in [0, 0.05) is 46.1 Å². The van der Waals surface area contributed by atoms with Crippen LogP contribution >= 0.6 is 0 Å². The average molecular weight is 559 g/mol. The molecule has 1 saturated carbocycles. The van der Waals surface area contributed by atoms with E-state index in [0.717, 1.165) is 68.8 Å². The summed E-state index contributed by atoms with van der Waals surface area (Å²) in [5.74, 6) is 0.294. The van der Waals surface area contributed by atoms with E-state index in [1.807, 2.05) is 49.4 Å². The van der Waals surface area contributed by atoms with Crippen LogP contribution in [-0.4, -0.2) is 15.9 Å². The Balaban J connectivity index is 1.43. The fourth-order valence-corrected chi connectivity index (χ4v) is 5.58. The van der Waals surface area contributed by atoms with Gasteiger partial charge in [0.15, 0.2) is 0 Å². The van der Waals surface area contributed by atoms with Crippen LogP contribution in [0.15, 0.2) is 96.4 Å². The van der Waals surface area contributed by atoms with Crippen LogP contribution < -0.4 is 11.1 Å². The van der Waals surface area contributed by atoms with E-state index < -0.39 is 0 Å². The Kier molecular flexibility index (Phi) is 7.38. The molecular weight excluding hydrogens is 523 g/mol. The molecule has 2 atom stereocenters. The van der Waals surface area contributed by atoms with E-state index in [1.165, 1.54) is 17.2 Å². The molecule has 2 aromatic carbocycles. The third kappa shape index (κ3) is 5.45. The summed E-state index contributed by atoms with van der Waals surface area (Å²) in [5, 5.41) is 4.03. The topological polar surface area (TPSA) is 83.8 Å². The molecule has 1 fully saturated rings. The zero-order valence-electron chi connectivity index (χ0n) is 24.2. The minimum absolute atomic E-state index is 0.0435. The summed E-state index contributed by atoms with van der Waals surface area (Å²) in [5.41, 5.74) is 16.5. The van der Waals surface area contributed by atoms with Crippen LogP contribution in [0.4, 0.5) is 4.39 Å². The number of pyridine rings is 1. The molecular formula is C36H35FN4O. The second kappa shape index (κ2) is 11.3. The van der Waals surface area contributed by atoms with E-state index in [2.05, 4.69) is 42.4 Å². The van der Waals surface area contributed by atoms with Crippen molar-refractivity contribution >= 4 is 28.0 Å². The van der Waals surface area contributed by atoms with Crippen molar-refractivity contribution in [1.82, 2.24) is 15.3 Å². The van der Waals surface area contributed by atoms with E-state index in [0.29, 0.717) is 12.3 Å². The Hall–Kier alpha value is -4.71. The molecule has 42 heavy (non-hydrogen) atoms. The zero-order chi connectivity index (χ0) is 29.4. The third-order valence-corrected chi connectivity index (χ3v) is 8.27. The summed E-state index contributed by atoms with van der Waals surface area (Å²) in [6.45, 7) is 6.29. The van der Waals surface area contributed by atoms with Crippen LogP contribution in [0.5, 0.6) is 0 Å². The number of carbonyl (C=O) groups excluding carboxylic acids is 1. The van der Waals surface area contributed by atoms with E-state index in [4.69, 9.17) is 10.7 Å². The number of aromatic nitrogens is 2. The quantitative estimate of drug-likeness (QED) is 0.201. The smallest absolute Gasteiger partial charge is 0.224 e. The van der Waals surface area contributed by atoms with Gasteiger partial charge in [0.25, 0.3) is 0 Å². The van der Waals surface area contributed by atoms with Gasteiger partial charge < -0.3 is 16.0 Å². The molecule has 212 valence electrons. The largest absolute Gasteiger partial charge is 0.404 e. The van der Waals surface area contributed by atoms with Gasteiger partial charge >= 0.3 is 0 Å². The Morgan fingerprint density at radius 2 is 1.93 bits per heavy atom. The number of hydrogen-bond donors (Lipinski definition) is 3. The molecule has 1 unspecified atom stereocenters. The molecule has 2 aromatic heterocycles. The number of fused-ring (bicyclic) bond motifs is 2. The molecule has 2 aliphatic rings. The van der Waals surface area contributed by atoms with Crippen molar-refractivity contribution in [2.24, 2.45) is 11.7 Å². The molecule has 0 radical (unpaired) electrons. The van der Waals surface area contributed by atoms with E-state index in [9.17, 15) is 9.18 Å². The van der Waals surface area contributed by atoms with Crippen LogP contribution in [0.1, 0.15) is 68.6 Å². The maximum absolute atomic E-state index is 14.1. The Bertz CT molecular complexity index is 1820. The number of carbonyl (C=O) groups is 1. The first-order chi connectivity index (χ1) is 20.3. The van der Waals surface area contributed by atoms with Gasteiger partial charge in [-0.05, 0) is 83.9 Å². The summed E-state index contributed by atoms with van der Waals surface area (Å²) < 4.78 is 14.1. The second-order valence-electron chi connectivity index (χ2n) is 11.2. The van der Waals surface area contributed by atoms with Crippen molar-refractivity contribution in [3.8, 4) is 11.1 Å². The highest BCUT2D eigenvalue weighted by Gasteiger charge is 2.27. The molecule has 6 heteroatoms. The van der Waals surface area contributed by atoms with Gasteiger partial charge in [-0.25, -0.2) is 9.37 Å². The van der Waals surface area contributed by atoms with Crippen LogP contribution in [-0.2, 0) is 4.79 Å². The van der Waals surface area contributed by atoms with Gasteiger partial charge in [-0.2, -0.15) is 0 Å². The lowest BCUT2D eigenvalue weighted by atomic mass is 9.79. The number of nitrogens with one attached hydrogen (secondary N) is 2. The molecule has 6 rings (SSSR count). The van der Waals surface area contributed by atoms with Gasteiger partial charge in [0.05, 0.1) is 11.4 Å². The lowest BCUT2D eigenvalue weighted by molar-refractivity contribution is -0.120. The van der Waals surface area contributed by atoms with Crippen LogP contribution in [0.25, 0.3) is 33.2 Å². The highest BCUT2D eigenvalue weighted by molar-refractivity contribution is 5.98. The number of H-pyrrole nitrogens is 1. The first-order valence-corrected chi connectivity index (χ1v) is 14.6. The molecule has 0 saturated heterocycles. The summed E-state index contributed by atoms with van der Waals surface area (Å²) in [7, 11) is 0. The number of halogens is 1. The number of hydrogen-bond acceptors (Lipinski definition) is 3. The number of allylic oxidation sites excluding steroid dienone is 5. The predicted octanol–water partition coefficient (Wildman–Crippen LogP) is 7.98. The lowest BCUT2D eigenvalue weighted by Gasteiger charge is -2.27. The van der Waals surface area contributed by atoms with Crippen molar-refractivity contribution in [1.29, 1.82) is 0 Å². The molecule has 4 N–H and O–H groups in total. The van der Waals surface area contributed by atoms with E-state index in [-0.39, 0.29) is 17.6 Å². The predicted molar refractivity (Wildman–Crippen MR) is 169 cm³/mol. The fourth-order valence-electron chi connectivity index (χ4n) is 5.58. The molecule has 0 bridgehead atoms. The molecule has 4 aromatic rings. The van der Waals surface area contributed by atoms with Crippen molar-refractivity contribution in [2.75, 3.05) is 0 Å². The summed E-state index contributed by atoms with van der Waals surface area (Å²) in [6.07, 6.45) is 10.3. The Morgan fingerprint density at radius 3 is 2.67 bits per heavy atom. The van der Waals surface area contributed by atoms with Crippen LogP contribution in [0.3, 0.4) is 0 Å². The molecule has 2 aliphatic carbocycles. The monoisotopic (exact) mass is 558 g/mol. The van der Waals surface area contributed by atoms with Gasteiger partial charge in [-0.15, -0.1) is 0 Å². The van der Waals surface area contributed by atoms with Crippen molar-refractivity contribution in [3.63, 3.8) is 0 Å². The van der Waals surface area contributed by atoms with Gasteiger partial charge in [-0.1, -0.05) is 62.8 Å². The van der Waals surface area contributed by atoms with Gasteiger partial charge in [0.2, 0.25) is 5.91 Å². The van der Waals surface area contributed by atoms with Crippen molar-refractivity contribution in [3.05, 3.63) is 125 Å². The first kappa shape index (κ1) is 27.5.